The smallest absolute Gasteiger partial charge is 1.00 e. The molecule has 0 spiro atoms. The van der Waals surface area contributed by atoms with E-state index in [1.807, 2.05) is 0 Å². The maximum absolute atomic E-state index is 3.58. The van der Waals surface area contributed by atoms with Crippen LogP contribution in [0.2, 0.25) is 18.5 Å². The molecule has 1 aliphatic rings. The van der Waals surface area contributed by atoms with Crippen molar-refractivity contribution in [2.75, 3.05) is 0 Å². The molecule has 0 amide bonds. The maximum atomic E-state index is 2.64. The summed E-state index contributed by atoms with van der Waals surface area (Å²) in [7, 11) is 0.888. The average molecular weight is 441 g/mol. The normalized spacial score (nSPS) is 19.7. The minimum atomic E-state index is -3.58. The Kier molecular flexibility index (Phi) is 5.81. The second-order valence-corrected chi connectivity index (χ2v) is 40.2. The molecule has 1 aromatic heterocycles. The Hall–Kier alpha value is 0.723. The Morgan fingerprint density at radius 3 is 1.73 bits per heavy atom. The van der Waals surface area contributed by atoms with Gasteiger partial charge in [0.2, 0.25) is 0 Å². The molecule has 0 nitrogen and oxygen atoms in total. The van der Waals surface area contributed by atoms with Crippen LogP contribution in [-0.2, 0) is 17.3 Å². The van der Waals surface area contributed by atoms with Gasteiger partial charge in [-0.05, 0) is 0 Å². The van der Waals surface area contributed by atoms with Gasteiger partial charge in [-0.25, -0.2) is 0 Å². The molecular formula is C18H31Cl2PZr. The number of hydrogen-bond acceptors (Lipinski definition) is 0. The van der Waals surface area contributed by atoms with E-state index >= 15 is 0 Å². The minimum absolute atomic E-state index is 0. The molecule has 0 radical (unpaired) electrons. The Balaban J connectivity index is 0.00000220. The molecule has 0 bridgehead atoms. The van der Waals surface area contributed by atoms with Gasteiger partial charge in [-0.1, -0.05) is 0 Å². The first-order valence-electron chi connectivity index (χ1n) is 7.74. The van der Waals surface area contributed by atoms with Crippen molar-refractivity contribution in [1.82, 2.24) is 0 Å². The maximum Gasteiger partial charge on any atom is -1.00 e. The van der Waals surface area contributed by atoms with E-state index in [0.717, 1.165) is 8.19 Å². The first-order valence-corrected chi connectivity index (χ1v) is 21.1. The summed E-state index contributed by atoms with van der Waals surface area (Å²) >= 11 is -3.58. The van der Waals surface area contributed by atoms with Gasteiger partial charge < -0.3 is 24.8 Å². The molecule has 1 unspecified atom stereocenters. The van der Waals surface area contributed by atoms with E-state index in [1.165, 1.54) is 5.57 Å². The third kappa shape index (κ3) is 3.01. The summed E-state index contributed by atoms with van der Waals surface area (Å²) in [6.07, 6.45) is 0. The van der Waals surface area contributed by atoms with Gasteiger partial charge in [0.25, 0.3) is 0 Å². The summed E-state index contributed by atoms with van der Waals surface area (Å²) in [6, 6.07) is 4.70. The Labute approximate surface area is 149 Å². The van der Waals surface area contributed by atoms with Gasteiger partial charge in [0.05, 0.1) is 0 Å². The standard InChI is InChI=1S/C10H15.C4H4P.4CH3.2ClH.Zr/c1-7-6-10(4,5)9(3)8(7)2;1-2-4-5-3-1;;;;;;;/h1-5H3;1-3,5H;4*1H3;2*1H;/q;;;;;;;;+2/p-2. The first-order chi connectivity index (χ1) is 8.73. The zero-order valence-corrected chi connectivity index (χ0v) is 20.5. The summed E-state index contributed by atoms with van der Waals surface area (Å²) in [5.74, 6) is 2.35. The van der Waals surface area contributed by atoms with Gasteiger partial charge in [-0.2, -0.15) is 0 Å². The fourth-order valence-electron chi connectivity index (χ4n) is 5.01. The third-order valence-electron chi connectivity index (χ3n) is 6.00. The number of allylic oxidation sites excluding steroid dienone is 4. The van der Waals surface area contributed by atoms with Crippen molar-refractivity contribution in [3.8, 4) is 0 Å². The van der Waals surface area contributed by atoms with Crippen molar-refractivity contribution in [2.45, 2.75) is 53.1 Å². The van der Waals surface area contributed by atoms with Crippen LogP contribution in [0.15, 0.2) is 37.9 Å². The predicted molar refractivity (Wildman–Crippen MR) is 93.9 cm³/mol. The Morgan fingerprint density at radius 1 is 0.909 bits per heavy atom. The van der Waals surface area contributed by atoms with E-state index in [4.69, 9.17) is 0 Å². The second kappa shape index (κ2) is 5.63. The molecule has 4 heteroatoms. The van der Waals surface area contributed by atoms with Crippen LogP contribution >= 0.6 is 8.19 Å². The molecular weight excluding hydrogens is 409 g/mol. The third-order valence-corrected chi connectivity index (χ3v) is 28.9. The second-order valence-electron chi connectivity index (χ2n) is 10.1. The monoisotopic (exact) mass is 438 g/mol. The predicted octanol–water partition coefficient (Wildman–Crippen LogP) is 0.419. The van der Waals surface area contributed by atoms with Crippen LogP contribution in [0.4, 0.5) is 0 Å². The molecule has 0 N–H and O–H groups in total. The van der Waals surface area contributed by atoms with Gasteiger partial charge in [0, 0.05) is 0 Å². The molecule has 126 valence electrons. The van der Waals surface area contributed by atoms with Gasteiger partial charge in [-0.3, -0.25) is 0 Å². The fraction of sp³-hybridized carbons (Fsp3) is 0.556. The molecule has 0 fully saturated rings. The molecule has 0 aliphatic heterocycles. The van der Waals surface area contributed by atoms with Gasteiger partial charge in [0.1, 0.15) is 0 Å². The molecule has 0 saturated carbocycles. The van der Waals surface area contributed by atoms with Gasteiger partial charge >= 0.3 is 125 Å². The average Bonchev–Trinajstić information content (AvgIpc) is 2.82. The first kappa shape index (κ1) is 22.7. The van der Waals surface area contributed by atoms with Crippen molar-refractivity contribution in [3.05, 3.63) is 37.9 Å². The quantitative estimate of drug-likeness (QED) is 0.626. The summed E-state index contributed by atoms with van der Waals surface area (Å²) in [5.41, 5.74) is 4.90. The molecule has 0 aromatic carbocycles. The summed E-state index contributed by atoms with van der Waals surface area (Å²) in [4.78, 5) is 0. The van der Waals surface area contributed by atoms with E-state index in [2.05, 4.69) is 71.1 Å². The van der Waals surface area contributed by atoms with E-state index in [0.29, 0.717) is 0 Å². The number of halogens is 2. The Morgan fingerprint density at radius 2 is 1.41 bits per heavy atom. The summed E-state index contributed by atoms with van der Waals surface area (Å²) in [5, 5.41) is 0. The van der Waals surface area contributed by atoms with Crippen molar-refractivity contribution < 1.29 is 42.1 Å². The van der Waals surface area contributed by atoms with E-state index < -0.39 is 17.3 Å². The van der Waals surface area contributed by atoms with Crippen molar-refractivity contribution in [2.24, 2.45) is 5.41 Å². The van der Waals surface area contributed by atoms with Gasteiger partial charge in [-0.15, -0.1) is 0 Å². The molecule has 1 atom stereocenters. The largest absolute Gasteiger partial charge is 1.00 e. The molecule has 0 saturated heterocycles. The van der Waals surface area contributed by atoms with Crippen LogP contribution in [0.25, 0.3) is 0 Å². The zero-order valence-electron chi connectivity index (χ0n) is 15.5. The van der Waals surface area contributed by atoms with E-state index in [-0.39, 0.29) is 30.2 Å². The molecule has 1 heterocycles. The summed E-state index contributed by atoms with van der Waals surface area (Å²) < 4.78 is 14.1. The van der Waals surface area contributed by atoms with E-state index in [1.54, 1.807) is 17.4 Å². The van der Waals surface area contributed by atoms with Crippen LogP contribution in [0.3, 0.4) is 0 Å². The SMILES string of the molecule is CC1=C(C)C(C)(C)[C]([Zr+2]([CH3])([CH3])([CH3])([CH3])[c]2ccc[pH]2)=C1C.[Cl-].[Cl-]. The van der Waals surface area contributed by atoms with Crippen LogP contribution in [0.5, 0.6) is 0 Å². The number of rotatable bonds is 2. The van der Waals surface area contributed by atoms with Crippen LogP contribution < -0.4 is 27.8 Å². The topological polar surface area (TPSA) is 0 Å². The van der Waals surface area contributed by atoms with Crippen molar-refractivity contribution >= 4 is 11.2 Å². The van der Waals surface area contributed by atoms with Crippen molar-refractivity contribution in [1.29, 1.82) is 0 Å². The van der Waals surface area contributed by atoms with E-state index in [9.17, 15) is 0 Å². The van der Waals surface area contributed by atoms with Crippen LogP contribution in [-0.4, -0.2) is 0 Å². The minimum Gasteiger partial charge on any atom is -1.00 e. The molecule has 1 aromatic rings. The Bertz CT molecular complexity index is 640. The zero-order chi connectivity index (χ0) is 15.6. The summed E-state index contributed by atoms with van der Waals surface area (Å²) in [6.45, 7) is 11.9. The van der Waals surface area contributed by atoms with Crippen LogP contribution in [0.1, 0.15) is 34.6 Å². The molecule has 1 aliphatic carbocycles. The molecule has 22 heavy (non-hydrogen) atoms. The number of hydrogen-bond donors (Lipinski definition) is 0. The molecule has 2 rings (SSSR count). The fourth-order valence-corrected chi connectivity index (χ4v) is 27.1. The van der Waals surface area contributed by atoms with Crippen LogP contribution in [0, 0.1) is 5.41 Å². The van der Waals surface area contributed by atoms with Crippen molar-refractivity contribution in [3.63, 3.8) is 0 Å². The van der Waals surface area contributed by atoms with Gasteiger partial charge in [0.15, 0.2) is 0 Å².